The van der Waals surface area contributed by atoms with Crippen LogP contribution in [0.2, 0.25) is 0 Å². The van der Waals surface area contributed by atoms with Crippen molar-refractivity contribution in [1.82, 2.24) is 15.2 Å². The summed E-state index contributed by atoms with van der Waals surface area (Å²) in [5.41, 5.74) is 8.04. The lowest BCUT2D eigenvalue weighted by molar-refractivity contribution is 0.100. The molecule has 2 heterocycles. The van der Waals surface area contributed by atoms with E-state index in [2.05, 4.69) is 20.5 Å². The van der Waals surface area contributed by atoms with Crippen LogP contribution in [0.1, 0.15) is 10.4 Å². The minimum atomic E-state index is -0.516. The number of benzene rings is 1. The molecular weight excluding hydrogens is 242 g/mol. The molecule has 0 spiro atoms. The number of nitrogens with zero attached hydrogens (tertiary/aromatic N) is 2. The van der Waals surface area contributed by atoms with E-state index in [1.807, 2.05) is 18.2 Å². The first-order valence-corrected chi connectivity index (χ1v) is 5.68. The van der Waals surface area contributed by atoms with E-state index in [1.165, 1.54) is 6.20 Å². The molecule has 0 aliphatic carbocycles. The number of primary amides is 1. The second-order valence-electron chi connectivity index (χ2n) is 4.08. The normalized spacial score (nSPS) is 10.5. The highest BCUT2D eigenvalue weighted by Gasteiger charge is 2.08. The highest BCUT2D eigenvalue weighted by Crippen LogP contribution is 2.22. The van der Waals surface area contributed by atoms with Gasteiger partial charge in [0.25, 0.3) is 5.91 Å². The van der Waals surface area contributed by atoms with Gasteiger partial charge in [-0.15, -0.1) is 0 Å². The number of anilines is 2. The number of rotatable bonds is 3. The van der Waals surface area contributed by atoms with Crippen molar-refractivity contribution in [2.75, 3.05) is 5.32 Å². The molecule has 3 aromatic rings. The van der Waals surface area contributed by atoms with Crippen LogP contribution in [0.3, 0.4) is 0 Å². The highest BCUT2D eigenvalue weighted by molar-refractivity contribution is 5.99. The van der Waals surface area contributed by atoms with Crippen molar-refractivity contribution in [2.45, 2.75) is 0 Å². The van der Waals surface area contributed by atoms with Crippen molar-refractivity contribution >= 4 is 28.2 Å². The van der Waals surface area contributed by atoms with Crippen LogP contribution in [0.5, 0.6) is 0 Å². The van der Waals surface area contributed by atoms with Gasteiger partial charge in [0.15, 0.2) is 0 Å². The van der Waals surface area contributed by atoms with Gasteiger partial charge in [-0.1, -0.05) is 0 Å². The van der Waals surface area contributed by atoms with E-state index in [-0.39, 0.29) is 0 Å². The lowest BCUT2D eigenvalue weighted by atomic mass is 10.2. The number of nitrogens with two attached hydrogens (primary N) is 1. The van der Waals surface area contributed by atoms with E-state index in [4.69, 9.17) is 5.73 Å². The summed E-state index contributed by atoms with van der Waals surface area (Å²) in [4.78, 5) is 15.2. The number of amides is 1. The summed E-state index contributed by atoms with van der Waals surface area (Å²) >= 11 is 0. The average molecular weight is 253 g/mol. The fourth-order valence-electron chi connectivity index (χ4n) is 1.87. The number of carbonyl (C=O) groups is 1. The van der Waals surface area contributed by atoms with E-state index in [0.717, 1.165) is 16.6 Å². The van der Waals surface area contributed by atoms with E-state index in [1.54, 1.807) is 18.5 Å². The molecule has 0 bridgehead atoms. The van der Waals surface area contributed by atoms with Gasteiger partial charge in [0.2, 0.25) is 0 Å². The summed E-state index contributed by atoms with van der Waals surface area (Å²) in [7, 11) is 0. The van der Waals surface area contributed by atoms with E-state index in [0.29, 0.717) is 11.3 Å². The molecule has 0 atom stereocenters. The Kier molecular flexibility index (Phi) is 2.60. The van der Waals surface area contributed by atoms with Gasteiger partial charge in [-0.25, -0.2) is 0 Å². The van der Waals surface area contributed by atoms with E-state index >= 15 is 0 Å². The van der Waals surface area contributed by atoms with Crippen LogP contribution >= 0.6 is 0 Å². The Morgan fingerprint density at radius 1 is 1.26 bits per heavy atom. The minimum Gasteiger partial charge on any atom is -0.365 e. The van der Waals surface area contributed by atoms with Crippen molar-refractivity contribution in [1.29, 1.82) is 0 Å². The average Bonchev–Trinajstić information content (AvgIpc) is 2.86. The third kappa shape index (κ3) is 2.11. The zero-order valence-electron chi connectivity index (χ0n) is 9.92. The molecule has 4 N–H and O–H groups in total. The van der Waals surface area contributed by atoms with Crippen molar-refractivity contribution in [3.63, 3.8) is 0 Å². The molecule has 1 aromatic carbocycles. The van der Waals surface area contributed by atoms with Crippen molar-refractivity contribution in [3.8, 4) is 0 Å². The van der Waals surface area contributed by atoms with Gasteiger partial charge in [0.1, 0.15) is 0 Å². The molecule has 0 fully saturated rings. The summed E-state index contributed by atoms with van der Waals surface area (Å²) in [6.07, 6.45) is 4.79. The largest absolute Gasteiger partial charge is 0.365 e. The monoisotopic (exact) mass is 253 g/mol. The fourth-order valence-corrected chi connectivity index (χ4v) is 1.87. The van der Waals surface area contributed by atoms with E-state index < -0.39 is 5.91 Å². The maximum atomic E-state index is 11.3. The maximum Gasteiger partial charge on any atom is 0.252 e. The first-order valence-electron chi connectivity index (χ1n) is 5.68. The first kappa shape index (κ1) is 11.2. The van der Waals surface area contributed by atoms with Gasteiger partial charge in [0.05, 0.1) is 23.0 Å². The summed E-state index contributed by atoms with van der Waals surface area (Å²) in [6.45, 7) is 0. The molecule has 19 heavy (non-hydrogen) atoms. The Morgan fingerprint density at radius 3 is 3.00 bits per heavy atom. The van der Waals surface area contributed by atoms with Crippen LogP contribution < -0.4 is 11.1 Å². The Labute approximate surface area is 108 Å². The molecular formula is C13H11N5O. The Bertz CT molecular complexity index is 749. The predicted octanol–water partition coefficient (Wildman–Crippen LogP) is 1.80. The molecule has 3 rings (SSSR count). The van der Waals surface area contributed by atoms with Gasteiger partial charge in [-0.2, -0.15) is 5.10 Å². The van der Waals surface area contributed by atoms with E-state index in [9.17, 15) is 4.79 Å². The lowest BCUT2D eigenvalue weighted by Gasteiger charge is -2.09. The van der Waals surface area contributed by atoms with Crippen LogP contribution in [0.15, 0.2) is 42.9 Å². The number of hydrogen-bond donors (Lipinski definition) is 3. The third-order valence-electron chi connectivity index (χ3n) is 2.81. The first-order chi connectivity index (χ1) is 9.24. The molecule has 2 aromatic heterocycles. The third-order valence-corrected chi connectivity index (χ3v) is 2.81. The smallest absolute Gasteiger partial charge is 0.252 e. The van der Waals surface area contributed by atoms with Gasteiger partial charge in [-0.05, 0) is 24.3 Å². The molecule has 0 saturated heterocycles. The van der Waals surface area contributed by atoms with Gasteiger partial charge >= 0.3 is 0 Å². The molecule has 94 valence electrons. The Balaban J connectivity index is 1.98. The second kappa shape index (κ2) is 4.41. The molecule has 1 amide bonds. The number of nitrogens with one attached hydrogen (secondary N) is 2. The van der Waals surface area contributed by atoms with Gasteiger partial charge in [-0.3, -0.25) is 14.9 Å². The van der Waals surface area contributed by atoms with Crippen LogP contribution in [0.4, 0.5) is 11.4 Å². The number of H-pyrrole nitrogens is 1. The van der Waals surface area contributed by atoms with Gasteiger partial charge in [0, 0.05) is 23.5 Å². The number of aromatic nitrogens is 3. The number of hydrogen-bond acceptors (Lipinski definition) is 4. The SMILES string of the molecule is NC(=O)c1cnccc1Nc1ccc2cn[nH]c2c1. The van der Waals surface area contributed by atoms with Crippen LogP contribution in [-0.4, -0.2) is 21.1 Å². The predicted molar refractivity (Wildman–Crippen MR) is 72.1 cm³/mol. The summed E-state index contributed by atoms with van der Waals surface area (Å²) in [5, 5.41) is 11.0. The molecule has 6 heteroatoms. The highest BCUT2D eigenvalue weighted by atomic mass is 16.1. The van der Waals surface area contributed by atoms with Crippen molar-refractivity contribution in [3.05, 3.63) is 48.4 Å². The van der Waals surface area contributed by atoms with Crippen molar-refractivity contribution < 1.29 is 4.79 Å². The fraction of sp³-hybridized carbons (Fsp3) is 0. The number of fused-ring (bicyclic) bond motifs is 1. The number of pyridine rings is 1. The Morgan fingerprint density at radius 2 is 2.16 bits per heavy atom. The molecule has 0 aliphatic rings. The number of aromatic amines is 1. The molecule has 6 nitrogen and oxygen atoms in total. The summed E-state index contributed by atoms with van der Waals surface area (Å²) in [5.74, 6) is -0.516. The zero-order chi connectivity index (χ0) is 13.2. The molecule has 0 saturated carbocycles. The Hall–Kier alpha value is -2.89. The van der Waals surface area contributed by atoms with Crippen LogP contribution in [0, 0.1) is 0 Å². The van der Waals surface area contributed by atoms with Crippen LogP contribution in [0.25, 0.3) is 10.9 Å². The van der Waals surface area contributed by atoms with Crippen LogP contribution in [-0.2, 0) is 0 Å². The maximum absolute atomic E-state index is 11.3. The standard InChI is InChI=1S/C13H11N5O/c14-13(19)10-7-15-4-3-11(10)17-9-2-1-8-6-16-18-12(8)5-9/h1-7H,(H2,14,19)(H,15,17)(H,16,18). The number of carbonyl (C=O) groups excluding carboxylic acids is 1. The van der Waals surface area contributed by atoms with Crippen molar-refractivity contribution in [2.24, 2.45) is 5.73 Å². The topological polar surface area (TPSA) is 96.7 Å². The second-order valence-corrected chi connectivity index (χ2v) is 4.08. The summed E-state index contributed by atoms with van der Waals surface area (Å²) in [6, 6.07) is 7.46. The quantitative estimate of drug-likeness (QED) is 0.663. The molecule has 0 aliphatic heterocycles. The van der Waals surface area contributed by atoms with Gasteiger partial charge < -0.3 is 11.1 Å². The molecule has 0 unspecified atom stereocenters. The summed E-state index contributed by atoms with van der Waals surface area (Å²) < 4.78 is 0. The molecule has 0 radical (unpaired) electrons. The lowest BCUT2D eigenvalue weighted by Crippen LogP contribution is -2.13. The zero-order valence-corrected chi connectivity index (χ0v) is 9.92. The minimum absolute atomic E-state index is 0.354.